The maximum Gasteiger partial charge on any atom is 0.337 e. The minimum Gasteiger partial charge on any atom is -0.478 e. The Morgan fingerprint density at radius 3 is 2.10 bits per heavy atom. The number of hydrogen-bond acceptors (Lipinski definition) is 3. The molecule has 152 valence electrons. The van der Waals surface area contributed by atoms with Crippen molar-refractivity contribution in [3.8, 4) is 22.6 Å². The number of carboxylic acids is 1. The van der Waals surface area contributed by atoms with Crippen LogP contribution in [0.25, 0.3) is 11.1 Å². The van der Waals surface area contributed by atoms with Crippen LogP contribution in [0.4, 0.5) is 5.69 Å². The third-order valence-corrected chi connectivity index (χ3v) is 4.70. The zero-order chi connectivity index (χ0) is 21.6. The van der Waals surface area contributed by atoms with Crippen molar-refractivity contribution >= 4 is 17.6 Å². The molecule has 5 nitrogen and oxygen atoms in total. The average molecular weight is 409 g/mol. The van der Waals surface area contributed by atoms with E-state index < -0.39 is 5.97 Å². The molecule has 0 atom stereocenters. The van der Waals surface area contributed by atoms with E-state index >= 15 is 0 Å². The second-order valence-electron chi connectivity index (χ2n) is 6.80. The second kappa shape index (κ2) is 8.97. The van der Waals surface area contributed by atoms with Crippen molar-refractivity contribution in [3.63, 3.8) is 0 Å². The van der Waals surface area contributed by atoms with Gasteiger partial charge in [-0.25, -0.2) is 4.79 Å². The summed E-state index contributed by atoms with van der Waals surface area (Å²) in [7, 11) is 0. The number of rotatable bonds is 6. The van der Waals surface area contributed by atoms with Gasteiger partial charge in [-0.05, 0) is 48.0 Å². The summed E-state index contributed by atoms with van der Waals surface area (Å²) in [5.41, 5.74) is 2.17. The van der Waals surface area contributed by atoms with Crippen molar-refractivity contribution < 1.29 is 19.4 Å². The van der Waals surface area contributed by atoms with Crippen molar-refractivity contribution in [2.45, 2.75) is 0 Å². The van der Waals surface area contributed by atoms with E-state index in [0.29, 0.717) is 17.1 Å². The van der Waals surface area contributed by atoms with Gasteiger partial charge in [-0.15, -0.1) is 0 Å². The summed E-state index contributed by atoms with van der Waals surface area (Å²) in [5.74, 6) is -0.190. The molecule has 4 rings (SSSR count). The molecule has 0 radical (unpaired) electrons. The molecule has 31 heavy (non-hydrogen) atoms. The summed E-state index contributed by atoms with van der Waals surface area (Å²) in [4.78, 5) is 24.3. The number of hydrogen-bond donors (Lipinski definition) is 2. The van der Waals surface area contributed by atoms with E-state index in [1.807, 2.05) is 60.7 Å². The number of benzene rings is 4. The maximum atomic E-state index is 12.6. The number of ether oxygens (including phenoxy) is 1. The van der Waals surface area contributed by atoms with E-state index in [4.69, 9.17) is 4.74 Å². The molecule has 0 aliphatic rings. The van der Waals surface area contributed by atoms with Gasteiger partial charge in [0, 0.05) is 11.1 Å². The summed E-state index contributed by atoms with van der Waals surface area (Å²) >= 11 is 0. The molecule has 0 aliphatic heterocycles. The zero-order valence-electron chi connectivity index (χ0n) is 16.5. The number of para-hydroxylation sites is 2. The first-order valence-electron chi connectivity index (χ1n) is 9.68. The maximum absolute atomic E-state index is 12.6. The van der Waals surface area contributed by atoms with E-state index in [1.165, 1.54) is 6.07 Å². The van der Waals surface area contributed by atoms with Crippen LogP contribution in [0.3, 0.4) is 0 Å². The topological polar surface area (TPSA) is 75.6 Å². The van der Waals surface area contributed by atoms with Crippen LogP contribution in [-0.2, 0) is 0 Å². The Balaban J connectivity index is 1.71. The molecule has 1 amide bonds. The fourth-order valence-corrected chi connectivity index (χ4v) is 3.20. The number of carbonyl (C=O) groups excluding carboxylic acids is 1. The SMILES string of the molecule is O=C(Nc1cc(-c2ccccc2Oc2ccccc2)ccc1C(=O)O)c1ccccc1. The highest BCUT2D eigenvalue weighted by molar-refractivity contribution is 6.08. The number of amides is 1. The lowest BCUT2D eigenvalue weighted by atomic mass is 10.0. The Morgan fingerprint density at radius 1 is 0.742 bits per heavy atom. The first kappa shape index (κ1) is 19.9. The van der Waals surface area contributed by atoms with Crippen LogP contribution in [0, 0.1) is 0 Å². The number of aromatic carboxylic acids is 1. The summed E-state index contributed by atoms with van der Waals surface area (Å²) in [6.45, 7) is 0. The summed E-state index contributed by atoms with van der Waals surface area (Å²) in [6, 6.07) is 30.4. The molecule has 0 spiro atoms. The molecule has 0 fully saturated rings. The van der Waals surface area contributed by atoms with E-state index in [1.54, 1.807) is 36.4 Å². The van der Waals surface area contributed by atoms with Gasteiger partial charge in [0.2, 0.25) is 0 Å². The minimum absolute atomic E-state index is 0.00879. The van der Waals surface area contributed by atoms with E-state index in [9.17, 15) is 14.7 Å². The van der Waals surface area contributed by atoms with Crippen LogP contribution in [0.15, 0.2) is 103 Å². The first-order chi connectivity index (χ1) is 15.1. The molecule has 0 aliphatic carbocycles. The molecule has 4 aromatic carbocycles. The van der Waals surface area contributed by atoms with Gasteiger partial charge >= 0.3 is 5.97 Å². The lowest BCUT2D eigenvalue weighted by molar-refractivity contribution is 0.0698. The van der Waals surface area contributed by atoms with Crippen molar-refractivity contribution in [1.29, 1.82) is 0 Å². The smallest absolute Gasteiger partial charge is 0.337 e. The Labute approximate surface area is 179 Å². The van der Waals surface area contributed by atoms with E-state index in [2.05, 4.69) is 5.32 Å². The van der Waals surface area contributed by atoms with Crippen LogP contribution in [0.5, 0.6) is 11.5 Å². The van der Waals surface area contributed by atoms with Crippen molar-refractivity contribution in [2.24, 2.45) is 0 Å². The van der Waals surface area contributed by atoms with E-state index in [-0.39, 0.29) is 17.2 Å². The van der Waals surface area contributed by atoms with Gasteiger partial charge in [0.15, 0.2) is 0 Å². The molecule has 0 saturated heterocycles. The van der Waals surface area contributed by atoms with Crippen molar-refractivity contribution in [3.05, 3.63) is 114 Å². The van der Waals surface area contributed by atoms with Gasteiger partial charge < -0.3 is 15.2 Å². The van der Waals surface area contributed by atoms with Crippen molar-refractivity contribution in [1.82, 2.24) is 0 Å². The molecular weight excluding hydrogens is 390 g/mol. The average Bonchev–Trinajstić information content (AvgIpc) is 2.80. The van der Waals surface area contributed by atoms with Gasteiger partial charge in [0.1, 0.15) is 11.5 Å². The standard InChI is InChI=1S/C26H19NO4/c28-25(18-9-3-1-4-10-18)27-23-17-19(15-16-22(23)26(29)30)21-13-7-8-14-24(21)31-20-11-5-2-6-12-20/h1-17H,(H,27,28)(H,29,30). The Kier molecular flexibility index (Phi) is 5.76. The summed E-state index contributed by atoms with van der Waals surface area (Å²) in [5, 5.41) is 12.3. The quantitative estimate of drug-likeness (QED) is 0.404. The monoisotopic (exact) mass is 409 g/mol. The van der Waals surface area contributed by atoms with Crippen molar-refractivity contribution in [2.75, 3.05) is 5.32 Å². The summed E-state index contributed by atoms with van der Waals surface area (Å²) in [6.07, 6.45) is 0. The number of carbonyl (C=O) groups is 2. The third kappa shape index (κ3) is 4.62. The molecule has 0 saturated carbocycles. The lowest BCUT2D eigenvalue weighted by Gasteiger charge is -2.14. The first-order valence-corrected chi connectivity index (χ1v) is 9.68. The highest BCUT2D eigenvalue weighted by Crippen LogP contribution is 2.35. The van der Waals surface area contributed by atoms with Gasteiger partial charge in [-0.2, -0.15) is 0 Å². The molecule has 0 heterocycles. The predicted octanol–water partition coefficient (Wildman–Crippen LogP) is 6.10. The highest BCUT2D eigenvalue weighted by Gasteiger charge is 2.16. The van der Waals surface area contributed by atoms with Crippen LogP contribution in [-0.4, -0.2) is 17.0 Å². The fourth-order valence-electron chi connectivity index (χ4n) is 3.20. The molecule has 0 unspecified atom stereocenters. The number of carboxylic acid groups (broad SMARTS) is 1. The molecular formula is C26H19NO4. The third-order valence-electron chi connectivity index (χ3n) is 4.70. The lowest BCUT2D eigenvalue weighted by Crippen LogP contribution is -2.14. The highest BCUT2D eigenvalue weighted by atomic mass is 16.5. The van der Waals surface area contributed by atoms with Crippen LogP contribution in [0.2, 0.25) is 0 Å². The Bertz CT molecular complexity index is 1220. The predicted molar refractivity (Wildman–Crippen MR) is 120 cm³/mol. The van der Waals surface area contributed by atoms with E-state index in [0.717, 1.165) is 11.1 Å². The van der Waals surface area contributed by atoms with Gasteiger partial charge in [-0.1, -0.05) is 60.7 Å². The molecule has 0 aromatic heterocycles. The second-order valence-corrected chi connectivity index (χ2v) is 6.80. The van der Waals surface area contributed by atoms with Crippen LogP contribution < -0.4 is 10.1 Å². The largest absolute Gasteiger partial charge is 0.478 e. The molecule has 5 heteroatoms. The Morgan fingerprint density at radius 2 is 1.39 bits per heavy atom. The van der Waals surface area contributed by atoms with Crippen LogP contribution in [0.1, 0.15) is 20.7 Å². The number of anilines is 1. The van der Waals surface area contributed by atoms with Crippen LogP contribution >= 0.6 is 0 Å². The van der Waals surface area contributed by atoms with Gasteiger partial charge in [-0.3, -0.25) is 4.79 Å². The molecule has 4 aromatic rings. The van der Waals surface area contributed by atoms with Gasteiger partial charge in [0.05, 0.1) is 11.3 Å². The summed E-state index contributed by atoms with van der Waals surface area (Å²) < 4.78 is 6.03. The van der Waals surface area contributed by atoms with Gasteiger partial charge in [0.25, 0.3) is 5.91 Å². The minimum atomic E-state index is -1.12. The fraction of sp³-hybridized carbons (Fsp3) is 0. The molecule has 0 bridgehead atoms. The Hall–Kier alpha value is -4.38. The normalized spacial score (nSPS) is 10.3. The number of nitrogens with one attached hydrogen (secondary N) is 1. The molecule has 2 N–H and O–H groups in total. The zero-order valence-corrected chi connectivity index (χ0v) is 16.5.